The standard InChI is InChI=1S/C15H17BrO2/c16-14-8-4-3-7-13(14)9-11-5-1-2-6-12(11)10-15(17)18/h3-4,7-8,10-11H,1-2,5-6,9H2,(H,17,18)/t11-/m0/s1. The highest BCUT2D eigenvalue weighted by Crippen LogP contribution is 2.33. The highest BCUT2D eigenvalue weighted by molar-refractivity contribution is 9.10. The van der Waals surface area contributed by atoms with E-state index in [9.17, 15) is 4.79 Å². The Balaban J connectivity index is 2.15. The number of aliphatic carboxylic acids is 1. The van der Waals surface area contributed by atoms with Crippen molar-refractivity contribution in [1.82, 2.24) is 0 Å². The molecular weight excluding hydrogens is 292 g/mol. The minimum absolute atomic E-state index is 0.383. The van der Waals surface area contributed by atoms with Crippen molar-refractivity contribution in [3.8, 4) is 0 Å². The van der Waals surface area contributed by atoms with E-state index in [1.165, 1.54) is 18.1 Å². The van der Waals surface area contributed by atoms with Gasteiger partial charge in [-0.1, -0.05) is 46.1 Å². The monoisotopic (exact) mass is 308 g/mol. The third-order valence-corrected chi connectivity index (χ3v) is 4.30. The lowest BCUT2D eigenvalue weighted by Gasteiger charge is -2.25. The van der Waals surface area contributed by atoms with Crippen LogP contribution in [0.1, 0.15) is 31.2 Å². The molecule has 1 aromatic carbocycles. The quantitative estimate of drug-likeness (QED) is 0.850. The molecule has 2 rings (SSSR count). The van der Waals surface area contributed by atoms with Crippen molar-refractivity contribution >= 4 is 21.9 Å². The zero-order valence-corrected chi connectivity index (χ0v) is 11.8. The van der Waals surface area contributed by atoms with E-state index in [-0.39, 0.29) is 0 Å². The van der Waals surface area contributed by atoms with Crippen LogP contribution < -0.4 is 0 Å². The number of carboxylic acid groups (broad SMARTS) is 1. The number of hydrogen-bond acceptors (Lipinski definition) is 1. The van der Waals surface area contributed by atoms with Crippen LogP contribution in [-0.4, -0.2) is 11.1 Å². The molecule has 96 valence electrons. The minimum Gasteiger partial charge on any atom is -0.478 e. The predicted molar refractivity (Wildman–Crippen MR) is 75.5 cm³/mol. The highest BCUT2D eigenvalue weighted by Gasteiger charge is 2.20. The molecule has 18 heavy (non-hydrogen) atoms. The maximum atomic E-state index is 10.8. The van der Waals surface area contributed by atoms with Gasteiger partial charge in [-0.15, -0.1) is 0 Å². The molecule has 3 heteroatoms. The fourth-order valence-corrected chi connectivity index (χ4v) is 3.07. The van der Waals surface area contributed by atoms with Crippen molar-refractivity contribution in [2.24, 2.45) is 5.92 Å². The molecule has 0 heterocycles. The van der Waals surface area contributed by atoms with Crippen LogP contribution in [0.15, 0.2) is 40.4 Å². The van der Waals surface area contributed by atoms with Gasteiger partial charge in [-0.05, 0) is 43.2 Å². The number of halogens is 1. The summed E-state index contributed by atoms with van der Waals surface area (Å²) >= 11 is 3.56. The van der Waals surface area contributed by atoms with Gasteiger partial charge in [0.25, 0.3) is 0 Å². The molecule has 1 aliphatic carbocycles. The van der Waals surface area contributed by atoms with E-state index in [1.54, 1.807) is 0 Å². The molecule has 1 atom stereocenters. The Kier molecular flexibility index (Phi) is 4.59. The van der Waals surface area contributed by atoms with Crippen molar-refractivity contribution in [2.45, 2.75) is 32.1 Å². The fourth-order valence-electron chi connectivity index (χ4n) is 2.62. The average Bonchev–Trinajstić information content (AvgIpc) is 2.34. The predicted octanol–water partition coefficient (Wildman–Crippen LogP) is 4.19. The molecular formula is C15H17BrO2. The molecule has 0 aliphatic heterocycles. The maximum absolute atomic E-state index is 10.8. The van der Waals surface area contributed by atoms with E-state index in [1.807, 2.05) is 18.2 Å². The summed E-state index contributed by atoms with van der Waals surface area (Å²) in [4.78, 5) is 10.8. The lowest BCUT2D eigenvalue weighted by atomic mass is 9.80. The molecule has 1 aliphatic rings. The Morgan fingerprint density at radius 3 is 2.89 bits per heavy atom. The molecule has 1 fully saturated rings. The Morgan fingerprint density at radius 1 is 1.39 bits per heavy atom. The molecule has 0 unspecified atom stereocenters. The second-order valence-corrected chi connectivity index (χ2v) is 5.65. The Hall–Kier alpha value is -1.09. The van der Waals surface area contributed by atoms with Crippen molar-refractivity contribution in [1.29, 1.82) is 0 Å². The van der Waals surface area contributed by atoms with Gasteiger partial charge in [0, 0.05) is 10.5 Å². The van der Waals surface area contributed by atoms with Crippen LogP contribution in [0.2, 0.25) is 0 Å². The number of allylic oxidation sites excluding steroid dienone is 1. The van der Waals surface area contributed by atoms with E-state index in [2.05, 4.69) is 22.0 Å². The van der Waals surface area contributed by atoms with Gasteiger partial charge in [0.1, 0.15) is 0 Å². The summed E-state index contributed by atoms with van der Waals surface area (Å²) in [7, 11) is 0. The molecule has 1 aromatic rings. The molecule has 0 radical (unpaired) electrons. The molecule has 0 aromatic heterocycles. The van der Waals surface area contributed by atoms with Crippen molar-refractivity contribution in [3.05, 3.63) is 46.0 Å². The minimum atomic E-state index is -0.816. The van der Waals surface area contributed by atoms with Crippen LogP contribution in [0.3, 0.4) is 0 Å². The first-order valence-corrected chi connectivity index (χ1v) is 7.13. The number of carbonyl (C=O) groups is 1. The smallest absolute Gasteiger partial charge is 0.328 e. The first-order valence-electron chi connectivity index (χ1n) is 6.33. The second-order valence-electron chi connectivity index (χ2n) is 4.80. The van der Waals surface area contributed by atoms with Crippen LogP contribution >= 0.6 is 15.9 Å². The summed E-state index contributed by atoms with van der Waals surface area (Å²) in [6, 6.07) is 8.18. The molecule has 0 spiro atoms. The van der Waals surface area contributed by atoms with Gasteiger partial charge in [-0.3, -0.25) is 0 Å². The normalized spacial score (nSPS) is 22.1. The van der Waals surface area contributed by atoms with Crippen molar-refractivity contribution in [3.63, 3.8) is 0 Å². The number of hydrogen-bond donors (Lipinski definition) is 1. The lowest BCUT2D eigenvalue weighted by Crippen LogP contribution is -2.14. The molecule has 0 amide bonds. The summed E-state index contributed by atoms with van der Waals surface area (Å²) in [5.41, 5.74) is 2.37. The second kappa shape index (κ2) is 6.19. The van der Waals surface area contributed by atoms with Crippen molar-refractivity contribution < 1.29 is 9.90 Å². The molecule has 0 bridgehead atoms. The zero-order valence-electron chi connectivity index (χ0n) is 10.2. The molecule has 2 nitrogen and oxygen atoms in total. The van der Waals surface area contributed by atoms with Crippen LogP contribution in [-0.2, 0) is 11.2 Å². The SMILES string of the molecule is O=C(O)C=C1CCCC[C@H]1Cc1ccccc1Br. The summed E-state index contributed by atoms with van der Waals surface area (Å²) < 4.78 is 1.12. The molecule has 1 N–H and O–H groups in total. The largest absolute Gasteiger partial charge is 0.478 e. The summed E-state index contributed by atoms with van der Waals surface area (Å²) in [5.74, 6) is -0.433. The number of carboxylic acids is 1. The van der Waals surface area contributed by atoms with Gasteiger partial charge in [0.05, 0.1) is 0 Å². The highest BCUT2D eigenvalue weighted by atomic mass is 79.9. The Labute approximate surface area is 116 Å². The summed E-state index contributed by atoms with van der Waals surface area (Å²) in [6.07, 6.45) is 6.70. The van der Waals surface area contributed by atoms with Gasteiger partial charge >= 0.3 is 5.97 Å². The zero-order chi connectivity index (χ0) is 13.0. The first-order chi connectivity index (χ1) is 8.66. The number of benzene rings is 1. The summed E-state index contributed by atoms with van der Waals surface area (Å²) in [6.45, 7) is 0. The van der Waals surface area contributed by atoms with Gasteiger partial charge in [0.2, 0.25) is 0 Å². The van der Waals surface area contributed by atoms with Gasteiger partial charge in [-0.2, -0.15) is 0 Å². The van der Waals surface area contributed by atoms with E-state index in [0.29, 0.717) is 5.92 Å². The molecule has 0 saturated heterocycles. The van der Waals surface area contributed by atoms with E-state index >= 15 is 0 Å². The van der Waals surface area contributed by atoms with Crippen LogP contribution in [0.25, 0.3) is 0 Å². The third kappa shape index (κ3) is 3.45. The van der Waals surface area contributed by atoms with E-state index in [0.717, 1.165) is 35.7 Å². The van der Waals surface area contributed by atoms with E-state index < -0.39 is 5.97 Å². The fraction of sp³-hybridized carbons (Fsp3) is 0.400. The van der Waals surface area contributed by atoms with Gasteiger partial charge < -0.3 is 5.11 Å². The third-order valence-electron chi connectivity index (χ3n) is 3.53. The van der Waals surface area contributed by atoms with Gasteiger partial charge in [0.15, 0.2) is 0 Å². The summed E-state index contributed by atoms with van der Waals surface area (Å²) in [5, 5.41) is 8.92. The lowest BCUT2D eigenvalue weighted by molar-refractivity contribution is -0.131. The molecule has 1 saturated carbocycles. The average molecular weight is 309 g/mol. The van der Waals surface area contributed by atoms with E-state index in [4.69, 9.17) is 5.11 Å². The van der Waals surface area contributed by atoms with Crippen LogP contribution in [0, 0.1) is 5.92 Å². The topological polar surface area (TPSA) is 37.3 Å². The number of rotatable bonds is 3. The Morgan fingerprint density at radius 2 is 2.17 bits per heavy atom. The Bertz CT molecular complexity index is 465. The van der Waals surface area contributed by atoms with Gasteiger partial charge in [-0.25, -0.2) is 4.79 Å². The van der Waals surface area contributed by atoms with Crippen LogP contribution in [0.5, 0.6) is 0 Å². The van der Waals surface area contributed by atoms with Crippen molar-refractivity contribution in [2.75, 3.05) is 0 Å². The first kappa shape index (κ1) is 13.3. The maximum Gasteiger partial charge on any atom is 0.328 e. The van der Waals surface area contributed by atoms with Crippen LogP contribution in [0.4, 0.5) is 0 Å².